The average molecular weight is 267 g/mol. The average Bonchev–Trinajstić information content (AvgIpc) is 2.46. The molecule has 2 rings (SSSR count). The molecule has 0 saturated carbocycles. The highest BCUT2D eigenvalue weighted by atomic mass is 16.5. The Morgan fingerprint density at radius 2 is 2.20 bits per heavy atom. The molecule has 102 valence electrons. The van der Waals surface area contributed by atoms with Crippen molar-refractivity contribution in [2.45, 2.75) is 19.9 Å². The Hall–Kier alpha value is -2.54. The molecule has 1 aromatic heterocycles. The van der Waals surface area contributed by atoms with Gasteiger partial charge >= 0.3 is 0 Å². The highest BCUT2D eigenvalue weighted by molar-refractivity contribution is 5.51. The van der Waals surface area contributed by atoms with E-state index in [1.54, 1.807) is 18.3 Å². The number of ether oxygens (including phenoxy) is 1. The summed E-state index contributed by atoms with van der Waals surface area (Å²) >= 11 is 0. The molecule has 0 saturated heterocycles. The second-order valence-electron chi connectivity index (χ2n) is 4.68. The number of pyridine rings is 1. The summed E-state index contributed by atoms with van der Waals surface area (Å²) < 4.78 is 5.72. The quantitative estimate of drug-likeness (QED) is 0.904. The topological polar surface area (TPSA) is 57.9 Å². The van der Waals surface area contributed by atoms with Crippen LogP contribution in [0.1, 0.15) is 18.1 Å². The number of aromatic nitrogens is 1. The van der Waals surface area contributed by atoms with Crippen LogP contribution in [0.4, 0.5) is 5.82 Å². The summed E-state index contributed by atoms with van der Waals surface area (Å²) in [5.74, 6) is 1.44. The second kappa shape index (κ2) is 6.58. The third-order valence-corrected chi connectivity index (χ3v) is 2.80. The molecule has 0 aliphatic heterocycles. The largest absolute Gasteiger partial charge is 0.491 e. The van der Waals surface area contributed by atoms with E-state index in [1.165, 1.54) is 5.56 Å². The highest BCUT2D eigenvalue weighted by Crippen LogP contribution is 2.14. The van der Waals surface area contributed by atoms with Gasteiger partial charge in [-0.15, -0.1) is 0 Å². The van der Waals surface area contributed by atoms with Crippen molar-refractivity contribution in [2.75, 3.05) is 11.9 Å². The van der Waals surface area contributed by atoms with Gasteiger partial charge in [-0.2, -0.15) is 5.26 Å². The molecular formula is C16H17N3O. The minimum Gasteiger partial charge on any atom is -0.491 e. The maximum atomic E-state index is 9.01. The van der Waals surface area contributed by atoms with Gasteiger partial charge in [-0.05, 0) is 43.7 Å². The van der Waals surface area contributed by atoms with E-state index in [0.717, 1.165) is 5.75 Å². The number of nitrogens with one attached hydrogen (secondary N) is 1. The number of aryl methyl sites for hydroxylation is 1. The number of anilines is 1. The summed E-state index contributed by atoms with van der Waals surface area (Å²) in [4.78, 5) is 4.17. The molecule has 1 atom stereocenters. The number of nitriles is 1. The van der Waals surface area contributed by atoms with Crippen molar-refractivity contribution >= 4 is 5.82 Å². The van der Waals surface area contributed by atoms with E-state index in [0.29, 0.717) is 18.0 Å². The minimum absolute atomic E-state index is 0.0533. The molecule has 0 fully saturated rings. The molecule has 1 unspecified atom stereocenters. The van der Waals surface area contributed by atoms with Crippen molar-refractivity contribution in [1.29, 1.82) is 5.26 Å². The number of rotatable bonds is 5. The van der Waals surface area contributed by atoms with Gasteiger partial charge in [0.2, 0.25) is 0 Å². The lowest BCUT2D eigenvalue weighted by Crippen LogP contribution is -2.24. The van der Waals surface area contributed by atoms with Crippen LogP contribution >= 0.6 is 0 Å². The van der Waals surface area contributed by atoms with Gasteiger partial charge in [-0.3, -0.25) is 0 Å². The van der Waals surface area contributed by atoms with Crippen molar-refractivity contribution in [2.24, 2.45) is 0 Å². The first-order chi connectivity index (χ1) is 9.69. The Bertz CT molecular complexity index is 619. The summed E-state index contributed by atoms with van der Waals surface area (Å²) in [5, 5.41) is 12.2. The molecule has 4 heteroatoms. The Kier molecular flexibility index (Phi) is 4.56. The van der Waals surface area contributed by atoms with Crippen molar-refractivity contribution in [3.05, 3.63) is 53.7 Å². The van der Waals surface area contributed by atoms with Crippen LogP contribution in [0.2, 0.25) is 0 Å². The molecule has 1 heterocycles. The van der Waals surface area contributed by atoms with Crippen LogP contribution in [0.25, 0.3) is 0 Å². The van der Waals surface area contributed by atoms with E-state index >= 15 is 0 Å². The monoisotopic (exact) mass is 267 g/mol. The van der Waals surface area contributed by atoms with E-state index < -0.39 is 0 Å². The summed E-state index contributed by atoms with van der Waals surface area (Å²) in [6, 6.07) is 13.6. The lowest BCUT2D eigenvalue weighted by molar-refractivity contribution is 0.303. The van der Waals surface area contributed by atoms with Crippen LogP contribution in [-0.2, 0) is 0 Å². The number of hydrogen-bond donors (Lipinski definition) is 1. The van der Waals surface area contributed by atoms with Gasteiger partial charge in [0, 0.05) is 6.20 Å². The van der Waals surface area contributed by atoms with E-state index in [9.17, 15) is 0 Å². The van der Waals surface area contributed by atoms with Crippen LogP contribution in [-0.4, -0.2) is 17.6 Å². The van der Waals surface area contributed by atoms with Crippen molar-refractivity contribution in [3.63, 3.8) is 0 Å². The van der Waals surface area contributed by atoms with E-state index in [1.807, 2.05) is 38.1 Å². The fourth-order valence-electron chi connectivity index (χ4n) is 1.81. The Morgan fingerprint density at radius 3 is 2.95 bits per heavy atom. The number of benzene rings is 1. The third kappa shape index (κ3) is 3.72. The lowest BCUT2D eigenvalue weighted by Gasteiger charge is -2.16. The fourth-order valence-corrected chi connectivity index (χ4v) is 1.81. The molecule has 0 aliphatic carbocycles. The van der Waals surface area contributed by atoms with Gasteiger partial charge in [-0.1, -0.05) is 12.1 Å². The summed E-state index contributed by atoms with van der Waals surface area (Å²) in [7, 11) is 0. The van der Waals surface area contributed by atoms with Gasteiger partial charge < -0.3 is 10.1 Å². The predicted molar refractivity (Wildman–Crippen MR) is 78.7 cm³/mol. The van der Waals surface area contributed by atoms with E-state index in [-0.39, 0.29) is 6.04 Å². The Labute approximate surface area is 119 Å². The summed E-state index contributed by atoms with van der Waals surface area (Å²) in [5.41, 5.74) is 1.70. The molecule has 1 N–H and O–H groups in total. The van der Waals surface area contributed by atoms with Crippen LogP contribution in [0.15, 0.2) is 42.6 Å². The third-order valence-electron chi connectivity index (χ3n) is 2.80. The predicted octanol–water partition coefficient (Wildman–Crippen LogP) is 3.14. The highest BCUT2D eigenvalue weighted by Gasteiger charge is 2.07. The molecule has 0 bridgehead atoms. The number of hydrogen-bond acceptors (Lipinski definition) is 4. The first-order valence-corrected chi connectivity index (χ1v) is 6.50. The molecular weight excluding hydrogens is 250 g/mol. The van der Waals surface area contributed by atoms with Gasteiger partial charge in [-0.25, -0.2) is 4.98 Å². The first-order valence-electron chi connectivity index (χ1n) is 6.50. The molecule has 0 radical (unpaired) electrons. The standard InChI is InChI=1S/C16H17N3O/c1-12-5-3-7-15(9-12)20-11-13(2)19-16-14(10-17)6-4-8-18-16/h3-9,13H,11H2,1-2H3,(H,18,19). The van der Waals surface area contributed by atoms with Crippen molar-refractivity contribution in [3.8, 4) is 11.8 Å². The van der Waals surface area contributed by atoms with Crippen molar-refractivity contribution < 1.29 is 4.74 Å². The zero-order chi connectivity index (χ0) is 14.4. The molecule has 2 aromatic rings. The maximum absolute atomic E-state index is 9.01. The van der Waals surface area contributed by atoms with Crippen LogP contribution in [0, 0.1) is 18.3 Å². The fraction of sp³-hybridized carbons (Fsp3) is 0.250. The van der Waals surface area contributed by atoms with E-state index in [2.05, 4.69) is 16.4 Å². The van der Waals surface area contributed by atoms with Crippen molar-refractivity contribution in [1.82, 2.24) is 4.98 Å². The molecule has 0 aliphatic rings. The lowest BCUT2D eigenvalue weighted by atomic mass is 10.2. The van der Waals surface area contributed by atoms with Crippen LogP contribution in [0.3, 0.4) is 0 Å². The van der Waals surface area contributed by atoms with Gasteiger partial charge in [0.15, 0.2) is 0 Å². The summed E-state index contributed by atoms with van der Waals surface area (Å²) in [6.45, 7) is 4.53. The van der Waals surface area contributed by atoms with E-state index in [4.69, 9.17) is 10.00 Å². The zero-order valence-corrected chi connectivity index (χ0v) is 11.6. The molecule has 0 amide bonds. The smallest absolute Gasteiger partial charge is 0.144 e. The molecule has 4 nitrogen and oxygen atoms in total. The van der Waals surface area contributed by atoms with Crippen LogP contribution < -0.4 is 10.1 Å². The Balaban J connectivity index is 1.93. The van der Waals surface area contributed by atoms with Gasteiger partial charge in [0.1, 0.15) is 24.2 Å². The number of nitrogens with zero attached hydrogens (tertiary/aromatic N) is 2. The molecule has 20 heavy (non-hydrogen) atoms. The minimum atomic E-state index is 0.0533. The zero-order valence-electron chi connectivity index (χ0n) is 11.6. The first kappa shape index (κ1) is 13.9. The second-order valence-corrected chi connectivity index (χ2v) is 4.68. The van der Waals surface area contributed by atoms with Crippen LogP contribution in [0.5, 0.6) is 5.75 Å². The van der Waals surface area contributed by atoms with Gasteiger partial charge in [0.25, 0.3) is 0 Å². The molecule has 1 aromatic carbocycles. The Morgan fingerprint density at radius 1 is 1.35 bits per heavy atom. The molecule has 0 spiro atoms. The maximum Gasteiger partial charge on any atom is 0.144 e. The van der Waals surface area contributed by atoms with Gasteiger partial charge in [0.05, 0.1) is 11.6 Å². The summed E-state index contributed by atoms with van der Waals surface area (Å²) in [6.07, 6.45) is 1.66. The SMILES string of the molecule is Cc1cccc(OCC(C)Nc2ncccc2C#N)c1. The normalized spacial score (nSPS) is 11.4.